The molecule has 0 aromatic heterocycles. The molecule has 2 unspecified atom stereocenters. The van der Waals surface area contributed by atoms with Crippen LogP contribution in [-0.4, -0.2) is 55.9 Å². The fraction of sp³-hybridized carbons (Fsp3) is 0.300. The van der Waals surface area contributed by atoms with Crippen LogP contribution in [-0.2, 0) is 32.6 Å². The van der Waals surface area contributed by atoms with Gasteiger partial charge in [-0.25, -0.2) is 13.1 Å². The Hall–Kier alpha value is -3.67. The first kappa shape index (κ1) is 31.9. The maximum atomic E-state index is 13.4. The summed E-state index contributed by atoms with van der Waals surface area (Å²) in [5, 5.41) is 13.1. The van der Waals surface area contributed by atoms with E-state index in [4.69, 9.17) is 11.1 Å². The van der Waals surface area contributed by atoms with Gasteiger partial charge >= 0.3 is 0 Å². The molecule has 0 bridgehead atoms. The van der Waals surface area contributed by atoms with Crippen molar-refractivity contribution in [3.63, 3.8) is 0 Å². The fourth-order valence-corrected chi connectivity index (χ4v) is 5.34. The Morgan fingerprint density at radius 1 is 0.878 bits per heavy atom. The summed E-state index contributed by atoms with van der Waals surface area (Å²) in [6, 6.07) is 22.5. The minimum absolute atomic E-state index is 0.0409. The number of nitrogen functional groups attached to an aromatic ring is 1. The van der Waals surface area contributed by atoms with E-state index >= 15 is 0 Å². The van der Waals surface area contributed by atoms with Crippen molar-refractivity contribution in [3.8, 4) is 11.1 Å². The van der Waals surface area contributed by atoms with Crippen LogP contribution in [0.4, 0.5) is 0 Å². The van der Waals surface area contributed by atoms with Crippen molar-refractivity contribution in [1.29, 1.82) is 5.41 Å². The Kier molecular flexibility index (Phi) is 11.9. The van der Waals surface area contributed by atoms with Gasteiger partial charge in [-0.3, -0.25) is 15.0 Å². The average Bonchev–Trinajstić information content (AvgIpc) is 2.98. The molecule has 0 aliphatic heterocycles. The topological polar surface area (TPSA) is 154 Å². The van der Waals surface area contributed by atoms with Gasteiger partial charge in [0.25, 0.3) is 0 Å². The molecule has 3 aromatic carbocycles. The number of hydrogen-bond acceptors (Lipinski definition) is 6. The standard InChI is InChI=1S/C30H37N5O4S2/c1-3-41(38,39)35-27(19-21-9-13-24(14-10-21)23-7-5-4-6-8-23)30(37)34-26(17-18-40-2)29(36)33-20-22-11-15-25(16-12-22)28(31)32/h4-16,26-27,35H,3,17-20H2,1-2H3,(H3,31,32)(H,33,36)(H,34,37). The van der Waals surface area contributed by atoms with Crippen molar-refractivity contribution in [1.82, 2.24) is 15.4 Å². The van der Waals surface area contributed by atoms with Crippen LogP contribution >= 0.6 is 11.8 Å². The zero-order chi connectivity index (χ0) is 29.8. The highest BCUT2D eigenvalue weighted by atomic mass is 32.2. The Labute approximate surface area is 246 Å². The van der Waals surface area contributed by atoms with E-state index in [0.717, 1.165) is 22.3 Å². The number of nitrogens with two attached hydrogens (primary N) is 1. The van der Waals surface area contributed by atoms with Gasteiger partial charge in [-0.1, -0.05) is 78.9 Å². The molecule has 0 radical (unpaired) electrons. The summed E-state index contributed by atoms with van der Waals surface area (Å²) in [5.74, 6) is -0.532. The zero-order valence-electron chi connectivity index (χ0n) is 23.2. The van der Waals surface area contributed by atoms with Crippen molar-refractivity contribution >= 4 is 39.4 Å². The number of carbonyl (C=O) groups is 2. The molecular weight excluding hydrogens is 558 g/mol. The number of amides is 2. The molecule has 41 heavy (non-hydrogen) atoms. The Bertz CT molecular complexity index is 1410. The Balaban J connectivity index is 1.72. The van der Waals surface area contributed by atoms with E-state index in [1.807, 2.05) is 60.9 Å². The van der Waals surface area contributed by atoms with Crippen molar-refractivity contribution in [3.05, 3.63) is 95.6 Å². The second-order valence-corrected chi connectivity index (χ2v) is 12.5. The first-order valence-electron chi connectivity index (χ1n) is 13.3. The fourth-order valence-electron chi connectivity index (χ4n) is 4.08. The van der Waals surface area contributed by atoms with Crippen molar-refractivity contribution in [2.75, 3.05) is 17.8 Å². The van der Waals surface area contributed by atoms with Gasteiger partial charge in [-0.15, -0.1) is 0 Å². The maximum absolute atomic E-state index is 13.4. The van der Waals surface area contributed by atoms with Gasteiger partial charge in [0.05, 0.1) is 5.75 Å². The van der Waals surface area contributed by atoms with E-state index in [1.54, 1.807) is 36.0 Å². The van der Waals surface area contributed by atoms with Crippen LogP contribution < -0.4 is 21.1 Å². The molecule has 0 aliphatic rings. The highest BCUT2D eigenvalue weighted by Gasteiger charge is 2.28. The number of nitrogens with one attached hydrogen (secondary N) is 4. The van der Waals surface area contributed by atoms with Gasteiger partial charge in [-0.2, -0.15) is 11.8 Å². The molecule has 6 N–H and O–H groups in total. The number of rotatable bonds is 15. The summed E-state index contributed by atoms with van der Waals surface area (Å²) in [5.41, 5.74) is 9.73. The largest absolute Gasteiger partial charge is 0.384 e. The quantitative estimate of drug-likeness (QED) is 0.134. The molecule has 0 saturated carbocycles. The third kappa shape index (κ3) is 10.0. The lowest BCUT2D eigenvalue weighted by molar-refractivity contribution is -0.129. The number of sulfonamides is 1. The van der Waals surface area contributed by atoms with Gasteiger partial charge < -0.3 is 16.4 Å². The lowest BCUT2D eigenvalue weighted by Gasteiger charge is -2.23. The maximum Gasteiger partial charge on any atom is 0.242 e. The molecule has 0 aliphatic carbocycles. The summed E-state index contributed by atoms with van der Waals surface area (Å²) in [4.78, 5) is 26.5. The number of thioether (sulfide) groups is 1. The van der Waals surface area contributed by atoms with Gasteiger partial charge in [0.15, 0.2) is 0 Å². The highest BCUT2D eigenvalue weighted by molar-refractivity contribution is 7.98. The molecule has 0 heterocycles. The van der Waals surface area contributed by atoms with E-state index < -0.39 is 28.0 Å². The molecule has 2 amide bonds. The van der Waals surface area contributed by atoms with E-state index in [1.165, 1.54) is 6.92 Å². The monoisotopic (exact) mass is 595 g/mol. The summed E-state index contributed by atoms with van der Waals surface area (Å²) >= 11 is 1.54. The van der Waals surface area contributed by atoms with E-state index in [2.05, 4.69) is 15.4 Å². The van der Waals surface area contributed by atoms with Gasteiger partial charge in [0, 0.05) is 12.1 Å². The van der Waals surface area contributed by atoms with Crippen LogP contribution in [0.15, 0.2) is 78.9 Å². The first-order valence-corrected chi connectivity index (χ1v) is 16.3. The number of amidine groups is 1. The first-order chi connectivity index (χ1) is 19.6. The van der Waals surface area contributed by atoms with Gasteiger partial charge in [0.2, 0.25) is 21.8 Å². The lowest BCUT2D eigenvalue weighted by Crippen LogP contribution is -2.54. The predicted molar refractivity (Wildman–Crippen MR) is 166 cm³/mol. The summed E-state index contributed by atoms with van der Waals surface area (Å²) in [7, 11) is -3.70. The molecule has 0 spiro atoms. The molecule has 0 saturated heterocycles. The molecule has 218 valence electrons. The summed E-state index contributed by atoms with van der Waals surface area (Å²) in [6.07, 6.45) is 2.41. The van der Waals surface area contributed by atoms with Crippen LogP contribution in [0.2, 0.25) is 0 Å². The smallest absolute Gasteiger partial charge is 0.242 e. The normalized spacial score (nSPS) is 12.7. The second-order valence-electron chi connectivity index (χ2n) is 9.51. The molecule has 0 fully saturated rings. The minimum atomic E-state index is -3.70. The van der Waals surface area contributed by atoms with Crippen LogP contribution in [0.3, 0.4) is 0 Å². The summed E-state index contributed by atoms with van der Waals surface area (Å²) < 4.78 is 27.4. The third-order valence-electron chi connectivity index (χ3n) is 6.49. The van der Waals surface area contributed by atoms with Crippen molar-refractivity contribution in [2.24, 2.45) is 5.73 Å². The predicted octanol–water partition coefficient (Wildman–Crippen LogP) is 3.04. The lowest BCUT2D eigenvalue weighted by atomic mass is 10.0. The van der Waals surface area contributed by atoms with E-state index in [9.17, 15) is 18.0 Å². The Morgan fingerprint density at radius 2 is 1.49 bits per heavy atom. The average molecular weight is 596 g/mol. The molecule has 3 rings (SSSR count). The molecular formula is C30H37N5O4S2. The SMILES string of the molecule is CCS(=O)(=O)NC(Cc1ccc(-c2ccccc2)cc1)C(=O)NC(CCSC)C(=O)NCc1ccc(C(=N)N)cc1. The second kappa shape index (κ2) is 15.4. The minimum Gasteiger partial charge on any atom is -0.384 e. The number of carbonyl (C=O) groups excluding carboxylic acids is 2. The van der Waals surface area contributed by atoms with Gasteiger partial charge in [0.1, 0.15) is 17.9 Å². The number of hydrogen-bond donors (Lipinski definition) is 5. The Morgan fingerprint density at radius 3 is 2.07 bits per heavy atom. The summed E-state index contributed by atoms with van der Waals surface area (Å²) in [6.45, 7) is 1.73. The van der Waals surface area contributed by atoms with Crippen LogP contribution in [0, 0.1) is 5.41 Å². The van der Waals surface area contributed by atoms with Gasteiger partial charge in [-0.05, 0) is 54.0 Å². The third-order valence-corrected chi connectivity index (χ3v) is 8.54. The molecule has 2 atom stereocenters. The van der Waals surface area contributed by atoms with Crippen LogP contribution in [0.1, 0.15) is 30.0 Å². The van der Waals surface area contributed by atoms with E-state index in [-0.39, 0.29) is 30.5 Å². The highest BCUT2D eigenvalue weighted by Crippen LogP contribution is 2.20. The number of benzene rings is 3. The molecule has 3 aromatic rings. The van der Waals surface area contributed by atoms with Crippen LogP contribution in [0.25, 0.3) is 11.1 Å². The van der Waals surface area contributed by atoms with Crippen molar-refractivity contribution in [2.45, 2.75) is 38.4 Å². The molecule has 11 heteroatoms. The van der Waals surface area contributed by atoms with E-state index in [0.29, 0.717) is 17.7 Å². The zero-order valence-corrected chi connectivity index (χ0v) is 24.9. The molecule has 9 nitrogen and oxygen atoms in total. The van der Waals surface area contributed by atoms with Crippen LogP contribution in [0.5, 0.6) is 0 Å². The van der Waals surface area contributed by atoms with Crippen molar-refractivity contribution < 1.29 is 18.0 Å².